The molecule has 0 amide bonds. The van der Waals surface area contributed by atoms with Crippen molar-refractivity contribution in [2.24, 2.45) is 0 Å². The molecule has 3 aromatic rings. The summed E-state index contributed by atoms with van der Waals surface area (Å²) in [5.41, 5.74) is 3.61. The number of benzene rings is 1. The number of thiophene rings is 1. The molecule has 0 saturated carbocycles. The Bertz CT molecular complexity index is 511. The van der Waals surface area contributed by atoms with Crippen LogP contribution in [0, 0.1) is 0 Å². The van der Waals surface area contributed by atoms with Crippen LogP contribution in [0.4, 0.5) is 0 Å². The molecular weight excluding hydrogens is 216 g/mol. The second-order valence-electron chi connectivity index (χ2n) is 3.53. The Balaban J connectivity index is 2.19. The zero-order chi connectivity index (χ0) is 10.8. The van der Waals surface area contributed by atoms with Gasteiger partial charge in [0.25, 0.3) is 0 Å². The van der Waals surface area contributed by atoms with Crippen LogP contribution in [0.3, 0.4) is 0 Å². The highest BCUT2D eigenvalue weighted by Gasteiger charge is 2.08. The van der Waals surface area contributed by atoms with Gasteiger partial charge in [0, 0.05) is 5.56 Å². The lowest BCUT2D eigenvalue weighted by molar-refractivity contribution is 0.582. The maximum absolute atomic E-state index is 5.46. The minimum Gasteiger partial charge on any atom is -0.464 e. The van der Waals surface area contributed by atoms with Crippen LogP contribution in [0.25, 0.3) is 22.5 Å². The maximum atomic E-state index is 5.46. The average Bonchev–Trinajstić information content (AvgIpc) is 3.03. The maximum Gasteiger partial charge on any atom is 0.134 e. The number of hydrogen-bond donors (Lipinski definition) is 0. The van der Waals surface area contributed by atoms with E-state index in [1.165, 1.54) is 11.1 Å². The van der Waals surface area contributed by atoms with Crippen LogP contribution < -0.4 is 0 Å². The van der Waals surface area contributed by atoms with E-state index >= 15 is 0 Å². The van der Waals surface area contributed by atoms with E-state index in [1.807, 2.05) is 18.2 Å². The molecule has 0 N–H and O–H groups in total. The Morgan fingerprint density at radius 2 is 1.75 bits per heavy atom. The van der Waals surface area contributed by atoms with E-state index in [4.69, 9.17) is 4.42 Å². The van der Waals surface area contributed by atoms with Crippen LogP contribution in [0.1, 0.15) is 0 Å². The van der Waals surface area contributed by atoms with Crippen molar-refractivity contribution in [3.05, 3.63) is 59.5 Å². The normalized spacial score (nSPS) is 10.5. The van der Waals surface area contributed by atoms with Crippen molar-refractivity contribution in [2.75, 3.05) is 0 Å². The number of rotatable bonds is 2. The van der Waals surface area contributed by atoms with Gasteiger partial charge in [-0.25, -0.2) is 0 Å². The number of furan rings is 1. The summed E-state index contributed by atoms with van der Waals surface area (Å²) >= 11 is 1.71. The third-order valence-corrected chi connectivity index (χ3v) is 3.23. The molecule has 0 aliphatic rings. The summed E-state index contributed by atoms with van der Waals surface area (Å²) < 4.78 is 5.46. The van der Waals surface area contributed by atoms with Crippen LogP contribution in [0.5, 0.6) is 0 Å². The molecule has 0 unspecified atom stereocenters. The summed E-state index contributed by atoms with van der Waals surface area (Å²) in [7, 11) is 0. The highest BCUT2D eigenvalue weighted by atomic mass is 32.1. The van der Waals surface area contributed by atoms with Crippen molar-refractivity contribution < 1.29 is 4.42 Å². The molecule has 2 heteroatoms. The van der Waals surface area contributed by atoms with Gasteiger partial charge in [0.1, 0.15) is 5.76 Å². The SMILES string of the molecule is c1coc(-c2ccccc2-c2ccsc2)c1. The van der Waals surface area contributed by atoms with Crippen molar-refractivity contribution in [2.45, 2.75) is 0 Å². The second kappa shape index (κ2) is 3.99. The summed E-state index contributed by atoms with van der Waals surface area (Å²) in [5, 5.41) is 4.25. The van der Waals surface area contributed by atoms with Crippen molar-refractivity contribution in [3.8, 4) is 22.5 Å². The van der Waals surface area contributed by atoms with E-state index in [2.05, 4.69) is 35.0 Å². The molecule has 0 bridgehead atoms. The van der Waals surface area contributed by atoms with Crippen molar-refractivity contribution in [3.63, 3.8) is 0 Å². The van der Waals surface area contributed by atoms with E-state index in [9.17, 15) is 0 Å². The van der Waals surface area contributed by atoms with Crippen molar-refractivity contribution in [1.29, 1.82) is 0 Å². The summed E-state index contributed by atoms with van der Waals surface area (Å²) in [6.45, 7) is 0. The first-order chi connectivity index (χ1) is 7.95. The minimum absolute atomic E-state index is 0.918. The molecule has 78 valence electrons. The predicted molar refractivity (Wildman–Crippen MR) is 67.5 cm³/mol. The fourth-order valence-corrected chi connectivity index (χ4v) is 2.46. The van der Waals surface area contributed by atoms with Crippen LogP contribution in [0.2, 0.25) is 0 Å². The summed E-state index contributed by atoms with van der Waals surface area (Å²) in [5.74, 6) is 0.918. The Morgan fingerprint density at radius 3 is 2.44 bits per heavy atom. The zero-order valence-electron chi connectivity index (χ0n) is 8.59. The molecule has 0 radical (unpaired) electrons. The first-order valence-corrected chi connectivity index (χ1v) is 6.05. The molecular formula is C14H10OS. The highest BCUT2D eigenvalue weighted by Crippen LogP contribution is 2.33. The Morgan fingerprint density at radius 1 is 0.875 bits per heavy atom. The van der Waals surface area contributed by atoms with Gasteiger partial charge in [0.05, 0.1) is 6.26 Å². The molecule has 2 aromatic heterocycles. The molecule has 0 aliphatic heterocycles. The van der Waals surface area contributed by atoms with Crippen LogP contribution >= 0.6 is 11.3 Å². The molecule has 1 nitrogen and oxygen atoms in total. The fourth-order valence-electron chi connectivity index (χ4n) is 1.80. The highest BCUT2D eigenvalue weighted by molar-refractivity contribution is 7.08. The van der Waals surface area contributed by atoms with Gasteiger partial charge in [-0.2, -0.15) is 11.3 Å². The lowest BCUT2D eigenvalue weighted by Crippen LogP contribution is -1.80. The van der Waals surface area contributed by atoms with E-state index in [1.54, 1.807) is 17.6 Å². The second-order valence-corrected chi connectivity index (χ2v) is 4.31. The van der Waals surface area contributed by atoms with Gasteiger partial charge in [-0.15, -0.1) is 0 Å². The molecule has 0 atom stereocenters. The smallest absolute Gasteiger partial charge is 0.134 e. The van der Waals surface area contributed by atoms with Gasteiger partial charge in [-0.1, -0.05) is 24.3 Å². The first-order valence-electron chi connectivity index (χ1n) is 5.10. The van der Waals surface area contributed by atoms with Crippen molar-refractivity contribution >= 4 is 11.3 Å². The first kappa shape index (κ1) is 9.43. The molecule has 0 saturated heterocycles. The van der Waals surface area contributed by atoms with Crippen LogP contribution in [-0.2, 0) is 0 Å². The van der Waals surface area contributed by atoms with Crippen molar-refractivity contribution in [1.82, 2.24) is 0 Å². The molecule has 2 heterocycles. The topological polar surface area (TPSA) is 13.1 Å². The lowest BCUT2D eigenvalue weighted by Gasteiger charge is -2.04. The minimum atomic E-state index is 0.918. The number of hydrogen-bond acceptors (Lipinski definition) is 2. The average molecular weight is 226 g/mol. The van der Waals surface area contributed by atoms with Gasteiger partial charge >= 0.3 is 0 Å². The molecule has 1 aromatic carbocycles. The zero-order valence-corrected chi connectivity index (χ0v) is 9.41. The van der Waals surface area contributed by atoms with Gasteiger partial charge < -0.3 is 4.42 Å². The van der Waals surface area contributed by atoms with Gasteiger partial charge in [0.15, 0.2) is 0 Å². The van der Waals surface area contributed by atoms with Gasteiger partial charge in [-0.3, -0.25) is 0 Å². The quantitative estimate of drug-likeness (QED) is 0.618. The molecule has 16 heavy (non-hydrogen) atoms. The molecule has 0 aliphatic carbocycles. The molecule has 3 rings (SSSR count). The van der Waals surface area contributed by atoms with E-state index in [0.717, 1.165) is 11.3 Å². The van der Waals surface area contributed by atoms with Gasteiger partial charge in [-0.05, 0) is 40.1 Å². The van der Waals surface area contributed by atoms with E-state index < -0.39 is 0 Å². The summed E-state index contributed by atoms with van der Waals surface area (Å²) in [6, 6.07) is 14.3. The largest absolute Gasteiger partial charge is 0.464 e. The van der Waals surface area contributed by atoms with Crippen LogP contribution in [0.15, 0.2) is 63.9 Å². The Kier molecular flexibility index (Phi) is 2.35. The van der Waals surface area contributed by atoms with Crippen LogP contribution in [-0.4, -0.2) is 0 Å². The predicted octanol–water partition coefficient (Wildman–Crippen LogP) is 4.68. The standard InChI is InChI=1S/C14H10OS/c1-2-5-13(14-6-3-8-15-14)12(4-1)11-7-9-16-10-11/h1-10H. The molecule has 0 spiro atoms. The van der Waals surface area contributed by atoms with E-state index in [-0.39, 0.29) is 0 Å². The monoisotopic (exact) mass is 226 g/mol. The third kappa shape index (κ3) is 1.57. The summed E-state index contributed by atoms with van der Waals surface area (Å²) in [4.78, 5) is 0. The van der Waals surface area contributed by atoms with Gasteiger partial charge in [0.2, 0.25) is 0 Å². The summed E-state index contributed by atoms with van der Waals surface area (Å²) in [6.07, 6.45) is 1.71. The lowest BCUT2D eigenvalue weighted by atomic mass is 10.0. The fraction of sp³-hybridized carbons (Fsp3) is 0. The Labute approximate surface area is 98.0 Å². The Hall–Kier alpha value is -1.80. The molecule has 0 fully saturated rings. The van der Waals surface area contributed by atoms with E-state index in [0.29, 0.717) is 0 Å². The third-order valence-electron chi connectivity index (χ3n) is 2.55.